The van der Waals surface area contributed by atoms with Crippen LogP contribution in [0.4, 0.5) is 0 Å². The van der Waals surface area contributed by atoms with Gasteiger partial charge in [0.05, 0.1) is 0 Å². The first-order valence-corrected chi connectivity index (χ1v) is 8.61. The largest absolute Gasteiger partial charge is 0.480 e. The molecule has 7 heteroatoms. The zero-order valence-electron chi connectivity index (χ0n) is 14.6. The van der Waals surface area contributed by atoms with Crippen molar-refractivity contribution < 1.29 is 19.8 Å². The van der Waals surface area contributed by atoms with Crippen LogP contribution in [0.5, 0.6) is 0 Å². The molecule has 1 aromatic carbocycles. The number of carbonyl (C=O) groups is 2. The number of amides is 1. The summed E-state index contributed by atoms with van der Waals surface area (Å²) in [6.45, 7) is 1.98. The Bertz CT molecular complexity index is 534. The van der Waals surface area contributed by atoms with E-state index in [1.807, 2.05) is 37.3 Å². The Labute approximate surface area is 148 Å². The second-order valence-corrected chi connectivity index (χ2v) is 6.31. The normalized spacial score (nSPS) is 16.8. The summed E-state index contributed by atoms with van der Waals surface area (Å²) in [6.07, 6.45) is 2.97. The van der Waals surface area contributed by atoms with E-state index in [9.17, 15) is 14.7 Å². The molecule has 1 unspecified atom stereocenters. The molecule has 0 saturated heterocycles. The zero-order chi connectivity index (χ0) is 18.8. The second kappa shape index (κ2) is 10.8. The molecule has 1 aromatic rings. The van der Waals surface area contributed by atoms with Gasteiger partial charge in [-0.3, -0.25) is 9.59 Å². The number of nitrogens with one attached hydrogen (secondary N) is 1. The molecular weight excluding hydrogens is 322 g/mol. The maximum absolute atomic E-state index is 11.3. The SMILES string of the molecule is CCC[C@H](N)[C@H](O)C(=O)NC1CC1.NC(Cc1ccccc1)C(=O)O. The Hall–Kier alpha value is -1.96. The maximum Gasteiger partial charge on any atom is 0.320 e. The van der Waals surface area contributed by atoms with Gasteiger partial charge in [-0.15, -0.1) is 0 Å². The number of hydrogen-bond acceptors (Lipinski definition) is 5. The molecule has 0 bridgehead atoms. The Morgan fingerprint density at radius 2 is 1.84 bits per heavy atom. The van der Waals surface area contributed by atoms with Crippen LogP contribution in [-0.2, 0) is 16.0 Å². The number of benzene rings is 1. The van der Waals surface area contributed by atoms with Crippen LogP contribution >= 0.6 is 0 Å². The lowest BCUT2D eigenvalue weighted by atomic mass is 10.1. The van der Waals surface area contributed by atoms with E-state index in [1.54, 1.807) is 0 Å². The summed E-state index contributed by atoms with van der Waals surface area (Å²) in [5.74, 6) is -1.28. The fourth-order valence-corrected chi connectivity index (χ4v) is 2.16. The van der Waals surface area contributed by atoms with E-state index < -0.39 is 24.2 Å². The summed E-state index contributed by atoms with van der Waals surface area (Å²) in [5.41, 5.74) is 11.9. The Balaban J connectivity index is 0.000000251. The molecule has 7 N–H and O–H groups in total. The van der Waals surface area contributed by atoms with Gasteiger partial charge in [-0.05, 0) is 31.2 Å². The molecule has 1 saturated carbocycles. The van der Waals surface area contributed by atoms with Gasteiger partial charge >= 0.3 is 5.97 Å². The molecule has 0 aromatic heterocycles. The van der Waals surface area contributed by atoms with Crippen LogP contribution in [0.2, 0.25) is 0 Å². The summed E-state index contributed by atoms with van der Waals surface area (Å²) >= 11 is 0. The zero-order valence-corrected chi connectivity index (χ0v) is 14.6. The van der Waals surface area contributed by atoms with Crippen molar-refractivity contribution in [1.29, 1.82) is 0 Å². The molecule has 1 fully saturated rings. The van der Waals surface area contributed by atoms with Gasteiger partial charge in [0.25, 0.3) is 5.91 Å². The summed E-state index contributed by atoms with van der Waals surface area (Å²) in [4.78, 5) is 21.6. The minimum atomic E-state index is -1.04. The third-order valence-corrected chi connectivity index (χ3v) is 3.84. The van der Waals surface area contributed by atoms with E-state index >= 15 is 0 Å². The van der Waals surface area contributed by atoms with Crippen molar-refractivity contribution in [2.45, 2.75) is 63.3 Å². The predicted molar refractivity (Wildman–Crippen MR) is 95.8 cm³/mol. The number of carboxylic acid groups (broad SMARTS) is 1. The third kappa shape index (κ3) is 8.62. The van der Waals surface area contributed by atoms with Crippen LogP contribution in [0, 0.1) is 0 Å². The molecule has 1 amide bonds. The lowest BCUT2D eigenvalue weighted by Gasteiger charge is -2.17. The fraction of sp³-hybridized carbons (Fsp3) is 0.556. The summed E-state index contributed by atoms with van der Waals surface area (Å²) in [5, 5.41) is 20.7. The first kappa shape index (κ1) is 21.1. The number of carboxylic acids is 1. The first-order chi connectivity index (χ1) is 11.8. The maximum atomic E-state index is 11.3. The van der Waals surface area contributed by atoms with E-state index in [2.05, 4.69) is 5.32 Å². The highest BCUT2D eigenvalue weighted by Gasteiger charge is 2.28. The van der Waals surface area contributed by atoms with E-state index in [0.29, 0.717) is 12.8 Å². The van der Waals surface area contributed by atoms with Crippen molar-refractivity contribution in [1.82, 2.24) is 5.32 Å². The molecule has 7 nitrogen and oxygen atoms in total. The highest BCUT2D eigenvalue weighted by molar-refractivity contribution is 5.81. The molecule has 3 atom stereocenters. The van der Waals surface area contributed by atoms with Gasteiger partial charge in [0.1, 0.15) is 12.1 Å². The highest BCUT2D eigenvalue weighted by Crippen LogP contribution is 2.18. The second-order valence-electron chi connectivity index (χ2n) is 6.31. The molecule has 2 rings (SSSR count). The van der Waals surface area contributed by atoms with Crippen molar-refractivity contribution in [2.24, 2.45) is 11.5 Å². The quantitative estimate of drug-likeness (QED) is 0.459. The first-order valence-electron chi connectivity index (χ1n) is 8.61. The molecule has 140 valence electrons. The third-order valence-electron chi connectivity index (χ3n) is 3.84. The van der Waals surface area contributed by atoms with Crippen LogP contribution in [-0.4, -0.2) is 46.3 Å². The van der Waals surface area contributed by atoms with Crippen molar-refractivity contribution in [3.8, 4) is 0 Å². The Kier molecular flexibility index (Phi) is 9.12. The van der Waals surface area contributed by atoms with Crippen LogP contribution in [0.1, 0.15) is 38.2 Å². The Morgan fingerprint density at radius 3 is 2.32 bits per heavy atom. The average molecular weight is 351 g/mol. The number of rotatable bonds is 8. The number of aliphatic carboxylic acids is 1. The summed E-state index contributed by atoms with van der Waals surface area (Å²) < 4.78 is 0. The molecule has 0 aliphatic heterocycles. The monoisotopic (exact) mass is 351 g/mol. The van der Waals surface area contributed by atoms with E-state index in [4.69, 9.17) is 16.6 Å². The van der Waals surface area contributed by atoms with Crippen molar-refractivity contribution in [2.75, 3.05) is 0 Å². The van der Waals surface area contributed by atoms with Crippen LogP contribution < -0.4 is 16.8 Å². The summed E-state index contributed by atoms with van der Waals surface area (Å²) in [7, 11) is 0. The van der Waals surface area contributed by atoms with Crippen molar-refractivity contribution in [3.05, 3.63) is 35.9 Å². The van der Waals surface area contributed by atoms with Crippen molar-refractivity contribution in [3.63, 3.8) is 0 Å². The molecule has 0 radical (unpaired) electrons. The smallest absolute Gasteiger partial charge is 0.320 e. The van der Waals surface area contributed by atoms with Gasteiger partial charge < -0.3 is 27.0 Å². The topological polar surface area (TPSA) is 139 Å². The number of carbonyl (C=O) groups excluding carboxylic acids is 1. The standard InChI is InChI=1S/C9H18N2O2.C9H11NO2/c1-2-3-7(10)8(12)9(13)11-6-4-5-6;10-8(9(11)12)6-7-4-2-1-3-5-7/h6-8,12H,2-5,10H2,1H3,(H,11,13);1-5,8H,6,10H2,(H,11,12)/t7-,8-;/m0./s1. The minimum absolute atomic E-state index is 0.288. The number of hydrogen-bond donors (Lipinski definition) is 5. The average Bonchev–Trinajstić information content (AvgIpc) is 3.39. The van der Waals surface area contributed by atoms with Crippen LogP contribution in [0.15, 0.2) is 30.3 Å². The number of aliphatic hydroxyl groups is 1. The summed E-state index contributed by atoms with van der Waals surface area (Å²) in [6, 6.07) is 8.40. The van der Waals surface area contributed by atoms with Gasteiger partial charge in [-0.1, -0.05) is 43.7 Å². The van der Waals surface area contributed by atoms with E-state index in [1.165, 1.54) is 0 Å². The van der Waals surface area contributed by atoms with Crippen molar-refractivity contribution >= 4 is 11.9 Å². The van der Waals surface area contributed by atoms with Crippen LogP contribution in [0.25, 0.3) is 0 Å². The Morgan fingerprint density at radius 1 is 1.24 bits per heavy atom. The lowest BCUT2D eigenvalue weighted by Crippen LogP contribution is -2.46. The molecule has 0 heterocycles. The predicted octanol–water partition coefficient (Wildman–Crippen LogP) is 0.394. The fourth-order valence-electron chi connectivity index (χ4n) is 2.16. The molecular formula is C18H29N3O4. The van der Waals surface area contributed by atoms with Crippen LogP contribution in [0.3, 0.4) is 0 Å². The van der Waals surface area contributed by atoms with Gasteiger partial charge in [-0.25, -0.2) is 0 Å². The van der Waals surface area contributed by atoms with E-state index in [-0.39, 0.29) is 11.9 Å². The molecule has 25 heavy (non-hydrogen) atoms. The number of nitrogens with two attached hydrogens (primary N) is 2. The van der Waals surface area contributed by atoms with Gasteiger partial charge in [0, 0.05) is 12.1 Å². The van der Waals surface area contributed by atoms with Gasteiger partial charge in [0.2, 0.25) is 0 Å². The van der Waals surface area contributed by atoms with Gasteiger partial charge in [0.15, 0.2) is 0 Å². The van der Waals surface area contributed by atoms with Gasteiger partial charge in [-0.2, -0.15) is 0 Å². The number of aliphatic hydroxyl groups excluding tert-OH is 1. The highest BCUT2D eigenvalue weighted by atomic mass is 16.4. The lowest BCUT2D eigenvalue weighted by molar-refractivity contribution is -0.138. The molecule has 0 spiro atoms. The molecule has 1 aliphatic carbocycles. The molecule has 1 aliphatic rings. The van der Waals surface area contributed by atoms with E-state index in [0.717, 1.165) is 24.8 Å². The minimum Gasteiger partial charge on any atom is -0.480 e.